The van der Waals surface area contributed by atoms with E-state index >= 15 is 0 Å². The summed E-state index contributed by atoms with van der Waals surface area (Å²) >= 11 is 8.80. The number of amides is 1. The number of aromatic nitrogens is 3. The van der Waals surface area contributed by atoms with Crippen LogP contribution in [0.2, 0.25) is 5.02 Å². The number of thiazole rings is 1. The largest absolute Gasteiger partial charge is 0.497 e. The van der Waals surface area contributed by atoms with Gasteiger partial charge in [-0.2, -0.15) is 0 Å². The number of nitrogens with zero attached hydrogens (tertiary/aromatic N) is 3. The summed E-state index contributed by atoms with van der Waals surface area (Å²) in [6, 6.07) is 19.0. The fourth-order valence-corrected chi connectivity index (χ4v) is 4.81. The summed E-state index contributed by atoms with van der Waals surface area (Å²) in [4.78, 5) is 17.8. The van der Waals surface area contributed by atoms with Gasteiger partial charge in [0, 0.05) is 17.1 Å². The van der Waals surface area contributed by atoms with Crippen LogP contribution in [0.4, 0.5) is 0 Å². The number of rotatable bonds is 8. The molecule has 0 saturated carbocycles. The number of hydrogen-bond acceptors (Lipinski definition) is 7. The Morgan fingerprint density at radius 3 is 2.48 bits per heavy atom. The SMILES string of the molecule is COc1ccc(-c2nc(C)c(-c3ccc(SCC(=O)NCc4ccc(Cl)cc4)nn3)s2)cc1. The summed E-state index contributed by atoms with van der Waals surface area (Å²) in [5, 5.41) is 13.8. The third-order valence-corrected chi connectivity index (χ3v) is 7.16. The molecule has 0 bridgehead atoms. The van der Waals surface area contributed by atoms with Gasteiger partial charge in [-0.05, 0) is 61.0 Å². The summed E-state index contributed by atoms with van der Waals surface area (Å²) in [5.74, 6) is 1.01. The first kappa shape index (κ1) is 23.2. The van der Waals surface area contributed by atoms with E-state index in [0.29, 0.717) is 16.6 Å². The van der Waals surface area contributed by atoms with Gasteiger partial charge in [0.05, 0.1) is 23.4 Å². The average Bonchev–Trinajstić information content (AvgIpc) is 3.24. The van der Waals surface area contributed by atoms with Crippen molar-refractivity contribution in [1.29, 1.82) is 0 Å². The molecule has 2 aromatic carbocycles. The molecule has 0 spiro atoms. The number of nitrogens with one attached hydrogen (secondary N) is 1. The minimum absolute atomic E-state index is 0.0664. The highest BCUT2D eigenvalue weighted by Crippen LogP contribution is 2.35. The molecule has 33 heavy (non-hydrogen) atoms. The van der Waals surface area contributed by atoms with Crippen LogP contribution in [0.3, 0.4) is 0 Å². The number of hydrogen-bond donors (Lipinski definition) is 1. The zero-order valence-corrected chi connectivity index (χ0v) is 20.4. The Morgan fingerprint density at radius 1 is 1.06 bits per heavy atom. The van der Waals surface area contributed by atoms with Gasteiger partial charge in [-0.3, -0.25) is 4.79 Å². The highest BCUT2D eigenvalue weighted by molar-refractivity contribution is 7.99. The van der Waals surface area contributed by atoms with Crippen molar-refractivity contribution in [2.75, 3.05) is 12.9 Å². The van der Waals surface area contributed by atoms with Gasteiger partial charge in [-0.1, -0.05) is 35.5 Å². The average molecular weight is 497 g/mol. The lowest BCUT2D eigenvalue weighted by Crippen LogP contribution is -2.24. The maximum absolute atomic E-state index is 12.1. The summed E-state index contributed by atoms with van der Waals surface area (Å²) in [5.41, 5.74) is 3.69. The summed E-state index contributed by atoms with van der Waals surface area (Å²) in [7, 11) is 1.65. The standard InChI is InChI=1S/C24H21ClN4O2S2/c1-15-23(33-24(27-15)17-5-9-19(31-2)10-6-17)20-11-12-22(29-28-20)32-14-21(30)26-13-16-3-7-18(25)8-4-16/h3-12H,13-14H2,1-2H3,(H,26,30). The quantitative estimate of drug-likeness (QED) is 0.318. The number of halogens is 1. The highest BCUT2D eigenvalue weighted by Gasteiger charge is 2.13. The Hall–Kier alpha value is -2.94. The second-order valence-corrected chi connectivity index (χ2v) is 9.54. The van der Waals surface area contributed by atoms with E-state index in [1.165, 1.54) is 11.8 Å². The maximum Gasteiger partial charge on any atom is 0.230 e. The van der Waals surface area contributed by atoms with Crippen LogP contribution in [-0.4, -0.2) is 34.0 Å². The minimum Gasteiger partial charge on any atom is -0.497 e. The molecule has 0 unspecified atom stereocenters. The molecular weight excluding hydrogens is 476 g/mol. The number of ether oxygens (including phenoxy) is 1. The van der Waals surface area contributed by atoms with E-state index < -0.39 is 0 Å². The molecule has 6 nitrogen and oxygen atoms in total. The van der Waals surface area contributed by atoms with E-state index in [1.807, 2.05) is 55.5 Å². The first-order valence-electron chi connectivity index (χ1n) is 10.1. The second-order valence-electron chi connectivity index (χ2n) is 7.11. The molecule has 0 atom stereocenters. The number of thioether (sulfide) groups is 1. The number of aryl methyl sites for hydroxylation is 1. The topological polar surface area (TPSA) is 77.0 Å². The van der Waals surface area contributed by atoms with E-state index in [2.05, 4.69) is 20.5 Å². The van der Waals surface area contributed by atoms with Crippen molar-refractivity contribution in [1.82, 2.24) is 20.5 Å². The van der Waals surface area contributed by atoms with E-state index in [4.69, 9.17) is 16.3 Å². The third kappa shape index (κ3) is 6.10. The van der Waals surface area contributed by atoms with Crippen molar-refractivity contribution < 1.29 is 9.53 Å². The Bertz CT molecular complexity index is 1230. The summed E-state index contributed by atoms with van der Waals surface area (Å²) in [6.07, 6.45) is 0. The van der Waals surface area contributed by atoms with Crippen LogP contribution in [0.5, 0.6) is 5.75 Å². The molecule has 1 amide bonds. The maximum atomic E-state index is 12.1. The molecule has 0 radical (unpaired) electrons. The lowest BCUT2D eigenvalue weighted by Gasteiger charge is -2.05. The Balaban J connectivity index is 1.34. The zero-order chi connectivity index (χ0) is 23.2. The van der Waals surface area contributed by atoms with Crippen LogP contribution in [0.25, 0.3) is 21.1 Å². The zero-order valence-electron chi connectivity index (χ0n) is 18.0. The Labute approximate surface area is 205 Å². The van der Waals surface area contributed by atoms with Gasteiger partial charge < -0.3 is 10.1 Å². The fraction of sp³-hybridized carbons (Fsp3) is 0.167. The molecule has 9 heteroatoms. The van der Waals surface area contributed by atoms with Crippen LogP contribution in [0.15, 0.2) is 65.7 Å². The Morgan fingerprint density at radius 2 is 1.82 bits per heavy atom. The van der Waals surface area contributed by atoms with Gasteiger partial charge in [0.1, 0.15) is 21.5 Å². The molecule has 1 N–H and O–H groups in total. The molecule has 0 fully saturated rings. The second kappa shape index (κ2) is 10.8. The van der Waals surface area contributed by atoms with Gasteiger partial charge in [0.25, 0.3) is 0 Å². The highest BCUT2D eigenvalue weighted by atomic mass is 35.5. The molecule has 0 saturated heterocycles. The molecule has 2 aromatic heterocycles. The van der Waals surface area contributed by atoms with Crippen molar-refractivity contribution >= 4 is 40.6 Å². The van der Waals surface area contributed by atoms with E-state index in [0.717, 1.165) is 38.1 Å². The van der Waals surface area contributed by atoms with Crippen molar-refractivity contribution in [3.8, 4) is 26.9 Å². The van der Waals surface area contributed by atoms with Crippen LogP contribution in [-0.2, 0) is 11.3 Å². The van der Waals surface area contributed by atoms with Crippen LogP contribution in [0, 0.1) is 6.92 Å². The van der Waals surface area contributed by atoms with Crippen molar-refractivity contribution in [2.45, 2.75) is 18.5 Å². The summed E-state index contributed by atoms with van der Waals surface area (Å²) < 4.78 is 5.22. The number of carbonyl (C=O) groups is 1. The molecule has 0 aliphatic carbocycles. The number of methoxy groups -OCH3 is 1. The lowest BCUT2D eigenvalue weighted by molar-refractivity contribution is -0.118. The number of benzene rings is 2. The molecule has 4 rings (SSSR count). The van der Waals surface area contributed by atoms with Gasteiger partial charge in [-0.15, -0.1) is 21.5 Å². The number of carbonyl (C=O) groups excluding carboxylic acids is 1. The molecular formula is C24H21ClN4O2S2. The van der Waals surface area contributed by atoms with Crippen molar-refractivity contribution in [3.05, 3.63) is 76.9 Å². The van der Waals surface area contributed by atoms with Gasteiger partial charge in [-0.25, -0.2) is 4.98 Å². The predicted octanol–water partition coefficient (Wildman–Crippen LogP) is 5.65. The first-order valence-corrected chi connectivity index (χ1v) is 12.3. The smallest absolute Gasteiger partial charge is 0.230 e. The fourth-order valence-electron chi connectivity index (χ4n) is 3.00. The Kier molecular flexibility index (Phi) is 7.59. The van der Waals surface area contributed by atoms with Gasteiger partial charge in [0.2, 0.25) is 5.91 Å². The summed E-state index contributed by atoms with van der Waals surface area (Å²) in [6.45, 7) is 2.43. The monoisotopic (exact) mass is 496 g/mol. The lowest BCUT2D eigenvalue weighted by atomic mass is 10.2. The van der Waals surface area contributed by atoms with Crippen molar-refractivity contribution in [2.24, 2.45) is 0 Å². The minimum atomic E-state index is -0.0664. The third-order valence-electron chi connectivity index (χ3n) is 4.76. The van der Waals surface area contributed by atoms with E-state index in [9.17, 15) is 4.79 Å². The van der Waals surface area contributed by atoms with Gasteiger partial charge in [0.15, 0.2) is 0 Å². The van der Waals surface area contributed by atoms with Crippen LogP contribution < -0.4 is 10.1 Å². The van der Waals surface area contributed by atoms with E-state index in [-0.39, 0.29) is 11.7 Å². The predicted molar refractivity (Wildman–Crippen MR) is 134 cm³/mol. The van der Waals surface area contributed by atoms with Gasteiger partial charge >= 0.3 is 0 Å². The molecule has 0 aliphatic rings. The van der Waals surface area contributed by atoms with E-state index in [1.54, 1.807) is 30.6 Å². The molecule has 4 aromatic rings. The first-order chi connectivity index (χ1) is 16.0. The molecule has 2 heterocycles. The molecule has 0 aliphatic heterocycles. The molecule has 168 valence electrons. The van der Waals surface area contributed by atoms with Crippen LogP contribution >= 0.6 is 34.7 Å². The van der Waals surface area contributed by atoms with Crippen LogP contribution in [0.1, 0.15) is 11.3 Å². The van der Waals surface area contributed by atoms with Crippen molar-refractivity contribution in [3.63, 3.8) is 0 Å². The normalized spacial score (nSPS) is 10.8.